The SMILES string of the molecule is CC[Si]1(CC)c2cc(Cl)ccc2C=Cc2ccc(Cl)cc21. The van der Waals surface area contributed by atoms with Gasteiger partial charge in [-0.05, 0) is 45.8 Å². The molecule has 0 bridgehead atoms. The number of fused-ring (bicyclic) bond motifs is 2. The van der Waals surface area contributed by atoms with Gasteiger partial charge in [-0.2, -0.15) is 0 Å². The molecule has 1 heterocycles. The second-order valence-corrected chi connectivity index (χ2v) is 11.1. The molecule has 1 aliphatic heterocycles. The summed E-state index contributed by atoms with van der Waals surface area (Å²) in [5.74, 6) is 0. The van der Waals surface area contributed by atoms with E-state index in [1.807, 2.05) is 12.1 Å². The van der Waals surface area contributed by atoms with Crippen molar-refractivity contribution in [3.63, 3.8) is 0 Å². The van der Waals surface area contributed by atoms with Crippen LogP contribution in [-0.2, 0) is 0 Å². The summed E-state index contributed by atoms with van der Waals surface area (Å²) in [6.45, 7) is 4.60. The second kappa shape index (κ2) is 5.64. The van der Waals surface area contributed by atoms with Crippen LogP contribution in [0.3, 0.4) is 0 Å². The summed E-state index contributed by atoms with van der Waals surface area (Å²) in [4.78, 5) is 0. The van der Waals surface area contributed by atoms with Crippen molar-refractivity contribution in [1.82, 2.24) is 0 Å². The first-order valence-corrected chi connectivity index (χ1v) is 10.6. The Hall–Kier alpha value is -1.02. The van der Waals surface area contributed by atoms with Crippen molar-refractivity contribution in [3.8, 4) is 0 Å². The van der Waals surface area contributed by atoms with Crippen LogP contribution >= 0.6 is 23.2 Å². The normalized spacial score (nSPS) is 15.2. The van der Waals surface area contributed by atoms with Crippen molar-refractivity contribution in [2.75, 3.05) is 0 Å². The van der Waals surface area contributed by atoms with Gasteiger partial charge in [-0.15, -0.1) is 0 Å². The van der Waals surface area contributed by atoms with E-state index >= 15 is 0 Å². The van der Waals surface area contributed by atoms with E-state index in [0.29, 0.717) is 0 Å². The highest BCUT2D eigenvalue weighted by Gasteiger charge is 2.37. The van der Waals surface area contributed by atoms with Crippen molar-refractivity contribution in [3.05, 3.63) is 57.6 Å². The summed E-state index contributed by atoms with van der Waals surface area (Å²) >= 11 is 12.6. The Bertz CT molecular complexity index is 658. The Balaban J connectivity index is 2.38. The van der Waals surface area contributed by atoms with E-state index in [1.54, 1.807) is 0 Å². The van der Waals surface area contributed by atoms with Gasteiger partial charge in [0.1, 0.15) is 8.07 Å². The first-order valence-electron chi connectivity index (χ1n) is 7.39. The molecule has 0 aromatic heterocycles. The van der Waals surface area contributed by atoms with E-state index in [9.17, 15) is 0 Å². The summed E-state index contributed by atoms with van der Waals surface area (Å²) < 4.78 is 0. The predicted molar refractivity (Wildman–Crippen MR) is 97.8 cm³/mol. The molecular weight excluding hydrogens is 315 g/mol. The van der Waals surface area contributed by atoms with Crippen LogP contribution in [0.4, 0.5) is 0 Å². The van der Waals surface area contributed by atoms with Crippen LogP contribution < -0.4 is 10.4 Å². The van der Waals surface area contributed by atoms with Gasteiger partial charge in [-0.1, -0.05) is 73.4 Å². The molecule has 0 saturated heterocycles. The average Bonchev–Trinajstić information content (AvgIpc) is 2.62. The highest BCUT2D eigenvalue weighted by molar-refractivity contribution is 7.03. The van der Waals surface area contributed by atoms with Crippen LogP contribution in [0.5, 0.6) is 0 Å². The minimum Gasteiger partial charge on any atom is -0.0843 e. The molecule has 0 saturated carbocycles. The fraction of sp³-hybridized carbons (Fsp3) is 0.222. The van der Waals surface area contributed by atoms with Crippen molar-refractivity contribution < 1.29 is 0 Å². The molecule has 21 heavy (non-hydrogen) atoms. The standard InChI is InChI=1S/C18H18Cl2Si/c1-3-21(4-2)17-11-15(19)9-7-13(17)5-6-14-8-10-16(20)12-18(14)21/h5-12H,3-4H2,1-2H3. The maximum absolute atomic E-state index is 6.30. The molecule has 0 aliphatic carbocycles. The molecule has 0 radical (unpaired) electrons. The van der Waals surface area contributed by atoms with Crippen LogP contribution in [0.25, 0.3) is 12.2 Å². The van der Waals surface area contributed by atoms with Gasteiger partial charge in [0.2, 0.25) is 0 Å². The van der Waals surface area contributed by atoms with E-state index in [2.05, 4.69) is 50.3 Å². The molecule has 3 rings (SSSR count). The van der Waals surface area contributed by atoms with Gasteiger partial charge < -0.3 is 0 Å². The molecule has 1 aliphatic rings. The van der Waals surface area contributed by atoms with E-state index < -0.39 is 8.07 Å². The first-order chi connectivity index (χ1) is 10.1. The summed E-state index contributed by atoms with van der Waals surface area (Å²) in [6.07, 6.45) is 4.44. The molecule has 0 nitrogen and oxygen atoms in total. The lowest BCUT2D eigenvalue weighted by molar-refractivity contribution is 1.29. The number of hydrogen-bond acceptors (Lipinski definition) is 0. The third kappa shape index (κ3) is 2.38. The Morgan fingerprint density at radius 3 is 1.57 bits per heavy atom. The van der Waals surface area contributed by atoms with Crippen molar-refractivity contribution in [1.29, 1.82) is 0 Å². The lowest BCUT2D eigenvalue weighted by Gasteiger charge is -2.32. The average molecular weight is 333 g/mol. The van der Waals surface area contributed by atoms with Crippen LogP contribution in [0.1, 0.15) is 25.0 Å². The fourth-order valence-corrected chi connectivity index (χ4v) is 8.66. The zero-order valence-corrected chi connectivity index (χ0v) is 14.8. The predicted octanol–water partition coefficient (Wildman–Crippen LogP) is 5.08. The van der Waals surface area contributed by atoms with Crippen molar-refractivity contribution in [2.45, 2.75) is 25.9 Å². The summed E-state index contributed by atoms with van der Waals surface area (Å²) in [6, 6.07) is 14.9. The molecule has 2 aromatic carbocycles. The van der Waals surface area contributed by atoms with E-state index in [4.69, 9.17) is 23.2 Å². The number of rotatable bonds is 2. The molecule has 0 N–H and O–H groups in total. The summed E-state index contributed by atoms with van der Waals surface area (Å²) in [5, 5.41) is 4.53. The van der Waals surface area contributed by atoms with Gasteiger partial charge in [-0.3, -0.25) is 0 Å². The van der Waals surface area contributed by atoms with E-state index in [0.717, 1.165) is 22.1 Å². The maximum Gasteiger partial charge on any atom is 0.119 e. The molecule has 0 atom stereocenters. The Kier molecular flexibility index (Phi) is 4.00. The molecule has 0 unspecified atom stereocenters. The molecule has 108 valence electrons. The summed E-state index contributed by atoms with van der Waals surface area (Å²) in [7, 11) is -1.82. The summed E-state index contributed by atoms with van der Waals surface area (Å²) in [5.41, 5.74) is 2.61. The van der Waals surface area contributed by atoms with Gasteiger partial charge in [0, 0.05) is 10.0 Å². The number of halogens is 2. The lowest BCUT2D eigenvalue weighted by Crippen LogP contribution is -2.58. The number of hydrogen-bond donors (Lipinski definition) is 0. The molecule has 0 spiro atoms. The largest absolute Gasteiger partial charge is 0.119 e. The Morgan fingerprint density at radius 2 is 1.19 bits per heavy atom. The van der Waals surface area contributed by atoms with Crippen molar-refractivity contribution >= 4 is 53.8 Å². The quantitative estimate of drug-likeness (QED) is 0.672. The second-order valence-electron chi connectivity index (χ2n) is 5.59. The van der Waals surface area contributed by atoms with Gasteiger partial charge in [-0.25, -0.2) is 0 Å². The van der Waals surface area contributed by atoms with Crippen LogP contribution in [0.2, 0.25) is 22.1 Å². The van der Waals surface area contributed by atoms with Crippen molar-refractivity contribution in [2.24, 2.45) is 0 Å². The lowest BCUT2D eigenvalue weighted by atomic mass is 10.1. The minimum atomic E-state index is -1.82. The Labute approximate surface area is 137 Å². The van der Waals surface area contributed by atoms with Crippen LogP contribution in [-0.4, -0.2) is 8.07 Å². The molecule has 0 fully saturated rings. The molecular formula is C18H18Cl2Si. The third-order valence-electron chi connectivity index (χ3n) is 4.71. The van der Waals surface area contributed by atoms with Crippen LogP contribution in [0, 0.1) is 0 Å². The zero-order valence-electron chi connectivity index (χ0n) is 12.3. The Morgan fingerprint density at radius 1 is 0.762 bits per heavy atom. The minimum absolute atomic E-state index is 0.825. The fourth-order valence-electron chi connectivity index (χ4n) is 3.51. The highest BCUT2D eigenvalue weighted by atomic mass is 35.5. The molecule has 0 amide bonds. The smallest absolute Gasteiger partial charge is 0.0843 e. The monoisotopic (exact) mass is 332 g/mol. The van der Waals surface area contributed by atoms with E-state index in [-0.39, 0.29) is 0 Å². The van der Waals surface area contributed by atoms with Gasteiger partial charge >= 0.3 is 0 Å². The van der Waals surface area contributed by atoms with Crippen LogP contribution in [0.15, 0.2) is 36.4 Å². The van der Waals surface area contributed by atoms with Gasteiger partial charge in [0.25, 0.3) is 0 Å². The molecule has 3 heteroatoms. The van der Waals surface area contributed by atoms with E-state index in [1.165, 1.54) is 21.5 Å². The number of benzene rings is 2. The zero-order chi connectivity index (χ0) is 15.0. The highest BCUT2D eigenvalue weighted by Crippen LogP contribution is 2.27. The first kappa shape index (κ1) is 14.9. The van der Waals surface area contributed by atoms with Gasteiger partial charge in [0.15, 0.2) is 0 Å². The topological polar surface area (TPSA) is 0 Å². The van der Waals surface area contributed by atoms with Gasteiger partial charge in [0.05, 0.1) is 0 Å². The third-order valence-corrected chi connectivity index (χ3v) is 10.5. The molecule has 2 aromatic rings. The maximum atomic E-state index is 6.30.